The highest BCUT2D eigenvalue weighted by atomic mass is 35.5. The van der Waals surface area contributed by atoms with Gasteiger partial charge in [-0.05, 0) is 36.6 Å². The highest BCUT2D eigenvalue weighted by Crippen LogP contribution is 2.26. The minimum absolute atomic E-state index is 0. The first-order valence-corrected chi connectivity index (χ1v) is 11.8. The second-order valence-electron chi connectivity index (χ2n) is 9.00. The third-order valence-electron chi connectivity index (χ3n) is 5.75. The molecule has 1 aromatic heterocycles. The van der Waals surface area contributed by atoms with E-state index in [2.05, 4.69) is 18.7 Å². The maximum Gasteiger partial charge on any atom is 0.242 e. The number of carbonyl (C=O) groups excluding carboxylic acids is 1. The highest BCUT2D eigenvalue weighted by molar-refractivity contribution is 6.30. The average molecular weight is 503 g/mol. The summed E-state index contributed by atoms with van der Waals surface area (Å²) in [6, 6.07) is 17.7. The molecule has 8 heteroatoms. The third kappa shape index (κ3) is 6.53. The van der Waals surface area contributed by atoms with Gasteiger partial charge in [-0.25, -0.2) is 0 Å². The Bertz CT molecular complexity index is 1100. The zero-order valence-electron chi connectivity index (χ0n) is 19.9. The molecule has 0 saturated carbocycles. The van der Waals surface area contributed by atoms with E-state index in [4.69, 9.17) is 21.4 Å². The average Bonchev–Trinajstić information content (AvgIpc) is 3.13. The van der Waals surface area contributed by atoms with Gasteiger partial charge >= 0.3 is 0 Å². The summed E-state index contributed by atoms with van der Waals surface area (Å²) in [4.78, 5) is 16.8. The molecule has 34 heavy (non-hydrogen) atoms. The largest absolute Gasteiger partial charge is 0.489 e. The van der Waals surface area contributed by atoms with Gasteiger partial charge < -0.3 is 4.74 Å². The Balaban J connectivity index is 0.00000324. The molecule has 0 atom stereocenters. The molecule has 3 aromatic rings. The summed E-state index contributed by atoms with van der Waals surface area (Å²) >= 11 is 6.29. The number of benzene rings is 2. The molecule has 2 heterocycles. The van der Waals surface area contributed by atoms with Gasteiger partial charge in [-0.2, -0.15) is 5.10 Å². The third-order valence-corrected chi connectivity index (χ3v) is 5.98. The summed E-state index contributed by atoms with van der Waals surface area (Å²) in [5.41, 5.74) is 3.03. The number of piperazine rings is 1. The molecule has 2 aromatic carbocycles. The van der Waals surface area contributed by atoms with Crippen LogP contribution in [0.5, 0.6) is 5.75 Å². The Morgan fingerprint density at radius 3 is 2.56 bits per heavy atom. The van der Waals surface area contributed by atoms with E-state index >= 15 is 0 Å². The summed E-state index contributed by atoms with van der Waals surface area (Å²) in [6.45, 7) is 10.2. The summed E-state index contributed by atoms with van der Waals surface area (Å²) in [5.74, 6) is 2.12. The molecule has 0 bridgehead atoms. The van der Waals surface area contributed by atoms with Crippen molar-refractivity contribution in [3.8, 4) is 5.75 Å². The van der Waals surface area contributed by atoms with Crippen molar-refractivity contribution in [2.24, 2.45) is 5.92 Å². The van der Waals surface area contributed by atoms with Crippen molar-refractivity contribution in [1.82, 2.24) is 14.7 Å². The van der Waals surface area contributed by atoms with Crippen LogP contribution in [0.1, 0.15) is 30.7 Å². The van der Waals surface area contributed by atoms with Gasteiger partial charge in [0.25, 0.3) is 0 Å². The lowest BCUT2D eigenvalue weighted by Gasteiger charge is -2.33. The van der Waals surface area contributed by atoms with Crippen LogP contribution in [0.3, 0.4) is 0 Å². The number of hydrogen-bond acceptors (Lipinski definition) is 4. The standard InChI is InChI=1S/C26H31ClN4O2.ClH/c1-19(2)15-29-11-12-30(26(32)17-29)25-13-20(3)31(28-25)16-22-14-23(27)9-10-24(22)33-18-21-7-5-4-6-8-21;/h4-10,13-14,19H,11-12,15-18H2,1-3H3;1H. The quantitative estimate of drug-likeness (QED) is 0.424. The van der Waals surface area contributed by atoms with Gasteiger partial charge in [-0.3, -0.25) is 19.3 Å². The molecule has 6 nitrogen and oxygen atoms in total. The van der Waals surface area contributed by atoms with E-state index in [-0.39, 0.29) is 18.3 Å². The normalized spacial score (nSPS) is 14.4. The number of carbonyl (C=O) groups is 1. The Hall–Kier alpha value is -2.54. The molecule has 1 fully saturated rings. The first kappa shape index (κ1) is 26.1. The van der Waals surface area contributed by atoms with E-state index in [1.54, 1.807) is 4.90 Å². The van der Waals surface area contributed by atoms with Gasteiger partial charge in [0.05, 0.1) is 13.1 Å². The van der Waals surface area contributed by atoms with Gasteiger partial charge in [0.2, 0.25) is 5.91 Å². The second kappa shape index (κ2) is 11.7. The molecule has 1 aliphatic heterocycles. The van der Waals surface area contributed by atoms with Gasteiger partial charge in [-0.15, -0.1) is 12.4 Å². The first-order valence-electron chi connectivity index (χ1n) is 11.4. The lowest BCUT2D eigenvalue weighted by molar-refractivity contribution is -0.121. The fourth-order valence-electron chi connectivity index (χ4n) is 4.13. The van der Waals surface area contributed by atoms with Crippen molar-refractivity contribution >= 4 is 35.7 Å². The van der Waals surface area contributed by atoms with Crippen LogP contribution in [0, 0.1) is 12.8 Å². The van der Waals surface area contributed by atoms with Crippen LogP contribution >= 0.6 is 24.0 Å². The van der Waals surface area contributed by atoms with Crippen molar-refractivity contribution in [2.75, 3.05) is 31.1 Å². The zero-order valence-corrected chi connectivity index (χ0v) is 21.5. The van der Waals surface area contributed by atoms with Gasteiger partial charge in [-0.1, -0.05) is 55.8 Å². The van der Waals surface area contributed by atoms with Crippen LogP contribution in [-0.4, -0.2) is 46.8 Å². The number of anilines is 1. The number of hydrogen-bond donors (Lipinski definition) is 0. The van der Waals surface area contributed by atoms with Gasteiger partial charge in [0, 0.05) is 42.0 Å². The zero-order chi connectivity index (χ0) is 23.4. The maximum absolute atomic E-state index is 12.8. The van der Waals surface area contributed by atoms with E-state index in [1.165, 1.54) is 0 Å². The first-order chi connectivity index (χ1) is 15.9. The van der Waals surface area contributed by atoms with Crippen molar-refractivity contribution < 1.29 is 9.53 Å². The molecule has 0 radical (unpaired) electrons. The lowest BCUT2D eigenvalue weighted by Crippen LogP contribution is -2.51. The van der Waals surface area contributed by atoms with Crippen LogP contribution < -0.4 is 9.64 Å². The molecular weight excluding hydrogens is 471 g/mol. The molecule has 182 valence electrons. The van der Waals surface area contributed by atoms with Crippen molar-refractivity contribution in [3.63, 3.8) is 0 Å². The molecular formula is C26H32Cl2N4O2. The molecule has 4 rings (SSSR count). The van der Waals surface area contributed by atoms with E-state index in [1.807, 2.05) is 66.2 Å². The Labute approximate surface area is 212 Å². The Morgan fingerprint density at radius 2 is 1.85 bits per heavy atom. The van der Waals surface area contributed by atoms with Crippen molar-refractivity contribution in [1.29, 1.82) is 0 Å². The summed E-state index contributed by atoms with van der Waals surface area (Å²) < 4.78 is 8.01. The van der Waals surface area contributed by atoms with Gasteiger partial charge in [0.1, 0.15) is 12.4 Å². The minimum Gasteiger partial charge on any atom is -0.489 e. The number of nitrogens with zero attached hydrogens (tertiary/aromatic N) is 4. The number of halogens is 2. The summed E-state index contributed by atoms with van der Waals surface area (Å²) in [5, 5.41) is 5.41. The van der Waals surface area contributed by atoms with E-state index in [0.29, 0.717) is 43.0 Å². The molecule has 1 aliphatic rings. The second-order valence-corrected chi connectivity index (χ2v) is 9.44. The Morgan fingerprint density at radius 1 is 1.09 bits per heavy atom. The predicted octanol–water partition coefficient (Wildman–Crippen LogP) is 5.20. The molecule has 0 N–H and O–H groups in total. The maximum atomic E-state index is 12.8. The van der Waals surface area contributed by atoms with Crippen molar-refractivity contribution in [2.45, 2.75) is 33.9 Å². The van der Waals surface area contributed by atoms with Crippen molar-refractivity contribution in [3.05, 3.63) is 76.4 Å². The topological polar surface area (TPSA) is 50.6 Å². The summed E-state index contributed by atoms with van der Waals surface area (Å²) in [6.07, 6.45) is 0. The number of rotatable bonds is 8. The van der Waals surface area contributed by atoms with Crippen LogP contribution in [0.25, 0.3) is 0 Å². The number of ether oxygens (including phenoxy) is 1. The molecule has 1 amide bonds. The molecule has 0 unspecified atom stereocenters. The smallest absolute Gasteiger partial charge is 0.242 e. The number of aromatic nitrogens is 2. The Kier molecular flexibility index (Phi) is 9.00. The van der Waals surface area contributed by atoms with E-state index in [9.17, 15) is 4.79 Å². The van der Waals surface area contributed by atoms with Crippen LogP contribution in [0.4, 0.5) is 5.82 Å². The summed E-state index contributed by atoms with van der Waals surface area (Å²) in [7, 11) is 0. The highest BCUT2D eigenvalue weighted by Gasteiger charge is 2.27. The fourth-order valence-corrected chi connectivity index (χ4v) is 4.32. The fraction of sp³-hybridized carbons (Fsp3) is 0.385. The van der Waals surface area contributed by atoms with E-state index in [0.717, 1.165) is 35.7 Å². The van der Waals surface area contributed by atoms with Crippen LogP contribution in [0.15, 0.2) is 54.6 Å². The molecule has 0 spiro atoms. The monoisotopic (exact) mass is 502 g/mol. The SMILES string of the molecule is Cc1cc(N2CCN(CC(C)C)CC2=O)nn1Cc1cc(Cl)ccc1OCc1ccccc1.Cl. The lowest BCUT2D eigenvalue weighted by atomic mass is 10.2. The van der Waals surface area contributed by atoms with Crippen LogP contribution in [-0.2, 0) is 17.9 Å². The minimum atomic E-state index is 0. The van der Waals surface area contributed by atoms with Gasteiger partial charge in [0.15, 0.2) is 5.82 Å². The predicted molar refractivity (Wildman–Crippen MR) is 139 cm³/mol. The number of aryl methyl sites for hydroxylation is 1. The van der Waals surface area contributed by atoms with E-state index < -0.39 is 0 Å². The number of amides is 1. The van der Waals surface area contributed by atoms with Crippen LogP contribution in [0.2, 0.25) is 5.02 Å². The molecule has 1 saturated heterocycles. The molecule has 0 aliphatic carbocycles.